The van der Waals surface area contributed by atoms with Crippen molar-refractivity contribution in [3.63, 3.8) is 0 Å². The molecule has 25 heavy (non-hydrogen) atoms. The van der Waals surface area contributed by atoms with Crippen LogP contribution in [0.25, 0.3) is 11.4 Å². The Balaban J connectivity index is 1.64. The molecule has 1 heterocycles. The molecule has 0 aliphatic rings. The van der Waals surface area contributed by atoms with Crippen LogP contribution in [0.3, 0.4) is 0 Å². The first-order valence-corrected chi connectivity index (χ1v) is 9.45. The van der Waals surface area contributed by atoms with Gasteiger partial charge in [0, 0.05) is 22.8 Å². The second-order valence-electron chi connectivity index (χ2n) is 5.58. The van der Waals surface area contributed by atoms with Gasteiger partial charge < -0.3 is 9.88 Å². The van der Waals surface area contributed by atoms with Crippen LogP contribution < -0.4 is 5.32 Å². The Morgan fingerprint density at radius 1 is 1.20 bits per heavy atom. The van der Waals surface area contributed by atoms with E-state index in [9.17, 15) is 4.79 Å². The normalized spacial score (nSPS) is 10.7. The van der Waals surface area contributed by atoms with Crippen molar-refractivity contribution in [2.75, 3.05) is 11.1 Å². The summed E-state index contributed by atoms with van der Waals surface area (Å²) in [5, 5.41) is 12.0. The predicted molar refractivity (Wildman–Crippen MR) is 105 cm³/mol. The lowest BCUT2D eigenvalue weighted by atomic mass is 10.1. The van der Waals surface area contributed by atoms with E-state index in [0.29, 0.717) is 5.16 Å². The standard InChI is InChI=1S/C18H17BrN4OS/c1-12-6-8-13(9-7-12)17-21-22-18(23(17)2)25-11-16(24)20-15-5-3-4-14(19)10-15/h3-10H,11H2,1-2H3,(H,20,24). The molecule has 0 radical (unpaired) electrons. The first-order chi connectivity index (χ1) is 12.0. The lowest BCUT2D eigenvalue weighted by Crippen LogP contribution is -2.14. The highest BCUT2D eigenvalue weighted by Crippen LogP contribution is 2.23. The number of aryl methyl sites for hydroxylation is 1. The number of anilines is 1. The molecule has 7 heteroatoms. The van der Waals surface area contributed by atoms with E-state index in [0.717, 1.165) is 21.5 Å². The number of rotatable bonds is 5. The van der Waals surface area contributed by atoms with Crippen LogP contribution in [0.5, 0.6) is 0 Å². The van der Waals surface area contributed by atoms with E-state index in [1.807, 2.05) is 67.1 Å². The molecule has 3 rings (SSSR count). The molecule has 0 saturated heterocycles. The Labute approximate surface area is 159 Å². The topological polar surface area (TPSA) is 59.8 Å². The molecule has 0 bridgehead atoms. The van der Waals surface area contributed by atoms with Gasteiger partial charge in [0.05, 0.1) is 5.75 Å². The molecule has 0 atom stereocenters. The van der Waals surface area contributed by atoms with Crippen molar-refractivity contribution in [3.8, 4) is 11.4 Å². The molecule has 1 N–H and O–H groups in total. The maximum absolute atomic E-state index is 12.1. The van der Waals surface area contributed by atoms with Crippen molar-refractivity contribution >= 4 is 39.3 Å². The lowest BCUT2D eigenvalue weighted by Gasteiger charge is -2.06. The van der Waals surface area contributed by atoms with E-state index in [4.69, 9.17) is 0 Å². The van der Waals surface area contributed by atoms with Crippen LogP contribution in [0, 0.1) is 6.92 Å². The summed E-state index contributed by atoms with van der Waals surface area (Å²) in [5.41, 5.74) is 2.97. The first kappa shape index (κ1) is 17.7. The number of benzene rings is 2. The number of hydrogen-bond donors (Lipinski definition) is 1. The SMILES string of the molecule is Cc1ccc(-c2nnc(SCC(=O)Nc3cccc(Br)c3)n2C)cc1. The van der Waals surface area contributed by atoms with Crippen LogP contribution in [-0.4, -0.2) is 26.4 Å². The van der Waals surface area contributed by atoms with E-state index in [-0.39, 0.29) is 11.7 Å². The number of halogens is 1. The fourth-order valence-corrected chi connectivity index (χ4v) is 3.40. The smallest absolute Gasteiger partial charge is 0.234 e. The molecule has 0 unspecified atom stereocenters. The van der Waals surface area contributed by atoms with Gasteiger partial charge in [-0.2, -0.15) is 0 Å². The van der Waals surface area contributed by atoms with Crippen molar-refractivity contribution < 1.29 is 4.79 Å². The third-order valence-corrected chi connectivity index (χ3v) is 5.10. The van der Waals surface area contributed by atoms with Gasteiger partial charge in [0.15, 0.2) is 11.0 Å². The number of nitrogens with zero attached hydrogens (tertiary/aromatic N) is 3. The van der Waals surface area contributed by atoms with Gasteiger partial charge in [-0.3, -0.25) is 4.79 Å². The van der Waals surface area contributed by atoms with Crippen molar-refractivity contribution in [2.45, 2.75) is 12.1 Å². The summed E-state index contributed by atoms with van der Waals surface area (Å²) in [5.74, 6) is 0.977. The third-order valence-electron chi connectivity index (χ3n) is 3.59. The van der Waals surface area contributed by atoms with Gasteiger partial charge in [0.1, 0.15) is 0 Å². The van der Waals surface area contributed by atoms with E-state index >= 15 is 0 Å². The van der Waals surface area contributed by atoms with Crippen LogP contribution in [0.4, 0.5) is 5.69 Å². The highest BCUT2D eigenvalue weighted by Gasteiger charge is 2.13. The Kier molecular flexibility index (Phi) is 5.55. The summed E-state index contributed by atoms with van der Waals surface area (Å²) in [7, 11) is 1.91. The first-order valence-electron chi connectivity index (χ1n) is 7.67. The summed E-state index contributed by atoms with van der Waals surface area (Å²) in [6.07, 6.45) is 0. The largest absolute Gasteiger partial charge is 0.325 e. The average Bonchev–Trinajstić information content (AvgIpc) is 2.94. The molecule has 5 nitrogen and oxygen atoms in total. The highest BCUT2D eigenvalue weighted by molar-refractivity contribution is 9.10. The molecule has 1 amide bonds. The van der Waals surface area contributed by atoms with Crippen LogP contribution >= 0.6 is 27.7 Å². The Morgan fingerprint density at radius 3 is 2.68 bits per heavy atom. The van der Waals surface area contributed by atoms with Crippen LogP contribution in [0.1, 0.15) is 5.56 Å². The summed E-state index contributed by atoms with van der Waals surface area (Å²) in [6.45, 7) is 2.05. The highest BCUT2D eigenvalue weighted by atomic mass is 79.9. The number of amides is 1. The molecular weight excluding hydrogens is 400 g/mol. The van der Waals surface area contributed by atoms with E-state index < -0.39 is 0 Å². The zero-order valence-corrected chi connectivity index (χ0v) is 16.3. The zero-order valence-electron chi connectivity index (χ0n) is 13.9. The average molecular weight is 417 g/mol. The van der Waals surface area contributed by atoms with Crippen LogP contribution in [-0.2, 0) is 11.8 Å². The minimum atomic E-state index is -0.0806. The second-order valence-corrected chi connectivity index (χ2v) is 7.44. The molecular formula is C18H17BrN4OS. The Hall–Kier alpha value is -2.12. The van der Waals surface area contributed by atoms with Gasteiger partial charge in [0.25, 0.3) is 0 Å². The number of hydrogen-bond acceptors (Lipinski definition) is 4. The summed E-state index contributed by atoms with van der Waals surface area (Å²) in [6, 6.07) is 15.6. The summed E-state index contributed by atoms with van der Waals surface area (Å²) in [4.78, 5) is 12.1. The lowest BCUT2D eigenvalue weighted by molar-refractivity contribution is -0.113. The molecule has 0 fully saturated rings. The molecule has 0 spiro atoms. The van der Waals surface area contributed by atoms with E-state index in [1.165, 1.54) is 17.3 Å². The van der Waals surface area contributed by atoms with Crippen LogP contribution in [0.15, 0.2) is 58.2 Å². The number of carbonyl (C=O) groups excluding carboxylic acids is 1. The van der Waals surface area contributed by atoms with Crippen molar-refractivity contribution in [2.24, 2.45) is 7.05 Å². The molecule has 1 aromatic heterocycles. The van der Waals surface area contributed by atoms with E-state index in [1.54, 1.807) is 0 Å². The minimum Gasteiger partial charge on any atom is -0.325 e. The predicted octanol–water partition coefficient (Wildman–Crippen LogP) is 4.28. The molecule has 2 aromatic carbocycles. The maximum atomic E-state index is 12.1. The van der Waals surface area contributed by atoms with Crippen molar-refractivity contribution in [1.82, 2.24) is 14.8 Å². The quantitative estimate of drug-likeness (QED) is 0.630. The van der Waals surface area contributed by atoms with Gasteiger partial charge in [-0.05, 0) is 25.1 Å². The van der Waals surface area contributed by atoms with Gasteiger partial charge >= 0.3 is 0 Å². The Morgan fingerprint density at radius 2 is 1.96 bits per heavy atom. The fraction of sp³-hybridized carbons (Fsp3) is 0.167. The van der Waals surface area contributed by atoms with Crippen molar-refractivity contribution in [3.05, 3.63) is 58.6 Å². The number of nitrogens with one attached hydrogen (secondary N) is 1. The molecule has 3 aromatic rings. The van der Waals surface area contributed by atoms with Crippen LogP contribution in [0.2, 0.25) is 0 Å². The van der Waals surface area contributed by atoms with Gasteiger partial charge in [-0.25, -0.2) is 0 Å². The molecule has 0 aliphatic heterocycles. The minimum absolute atomic E-state index is 0.0806. The van der Waals surface area contributed by atoms with Crippen molar-refractivity contribution in [1.29, 1.82) is 0 Å². The summed E-state index contributed by atoms with van der Waals surface area (Å²) < 4.78 is 2.83. The fourth-order valence-electron chi connectivity index (χ4n) is 2.29. The Bertz CT molecular complexity index is 892. The van der Waals surface area contributed by atoms with Gasteiger partial charge in [-0.15, -0.1) is 10.2 Å². The molecule has 0 aliphatic carbocycles. The van der Waals surface area contributed by atoms with Gasteiger partial charge in [0.2, 0.25) is 5.91 Å². The molecule has 128 valence electrons. The summed E-state index contributed by atoms with van der Waals surface area (Å²) >= 11 is 4.75. The number of thioether (sulfide) groups is 1. The number of aromatic nitrogens is 3. The molecule has 0 saturated carbocycles. The second kappa shape index (κ2) is 7.84. The van der Waals surface area contributed by atoms with Gasteiger partial charge in [-0.1, -0.05) is 63.6 Å². The number of carbonyl (C=O) groups is 1. The van der Waals surface area contributed by atoms with E-state index in [2.05, 4.69) is 31.4 Å². The maximum Gasteiger partial charge on any atom is 0.234 e. The third kappa shape index (κ3) is 4.49. The zero-order chi connectivity index (χ0) is 17.8. The monoisotopic (exact) mass is 416 g/mol.